The fraction of sp³-hybridized carbons (Fsp3) is 0.364. The van der Waals surface area contributed by atoms with Crippen molar-refractivity contribution in [1.29, 1.82) is 0 Å². The summed E-state index contributed by atoms with van der Waals surface area (Å²) in [6.07, 6.45) is 4.08. The van der Waals surface area contributed by atoms with Crippen LogP contribution in [0.15, 0.2) is 23.7 Å². The van der Waals surface area contributed by atoms with Gasteiger partial charge in [-0.3, -0.25) is 9.59 Å². The molecule has 3 rings (SSSR count). The van der Waals surface area contributed by atoms with Gasteiger partial charge in [-0.1, -0.05) is 12.2 Å². The lowest BCUT2D eigenvalue weighted by Gasteiger charge is -2.20. The second-order valence-electron chi connectivity index (χ2n) is 4.17. The SMILES string of the molecule is O=C(O)C1C2C=CC(O2)C1C(=O)Nc1nccs1. The molecule has 7 heteroatoms. The lowest BCUT2D eigenvalue weighted by Crippen LogP contribution is -2.39. The average Bonchev–Trinajstić information content (AvgIpc) is 3.03. The molecule has 4 unspecified atom stereocenters. The van der Waals surface area contributed by atoms with E-state index in [-0.39, 0.29) is 5.91 Å². The Morgan fingerprint density at radius 3 is 2.67 bits per heavy atom. The molecule has 2 aliphatic rings. The number of carboxylic acid groups (broad SMARTS) is 1. The highest BCUT2D eigenvalue weighted by Gasteiger charge is 2.53. The lowest BCUT2D eigenvalue weighted by molar-refractivity contribution is -0.145. The number of aromatic nitrogens is 1. The molecule has 1 aromatic heterocycles. The van der Waals surface area contributed by atoms with Crippen molar-refractivity contribution in [3.8, 4) is 0 Å². The number of carboxylic acids is 1. The topological polar surface area (TPSA) is 88.5 Å². The molecule has 6 nitrogen and oxygen atoms in total. The zero-order valence-corrected chi connectivity index (χ0v) is 9.96. The van der Waals surface area contributed by atoms with Crippen LogP contribution in [0.4, 0.5) is 5.13 Å². The smallest absolute Gasteiger partial charge is 0.310 e. The van der Waals surface area contributed by atoms with Gasteiger partial charge in [0.25, 0.3) is 0 Å². The molecule has 2 aliphatic heterocycles. The van der Waals surface area contributed by atoms with E-state index in [2.05, 4.69) is 10.3 Å². The normalized spacial score (nSPS) is 32.7. The van der Waals surface area contributed by atoms with Gasteiger partial charge < -0.3 is 15.2 Å². The van der Waals surface area contributed by atoms with Crippen LogP contribution in [-0.4, -0.2) is 34.2 Å². The predicted octanol–water partition coefficient (Wildman–Crippen LogP) is 0.736. The molecule has 0 aliphatic carbocycles. The number of fused-ring (bicyclic) bond motifs is 2. The monoisotopic (exact) mass is 266 g/mol. The van der Waals surface area contributed by atoms with Crippen molar-refractivity contribution in [3.05, 3.63) is 23.7 Å². The van der Waals surface area contributed by atoms with Gasteiger partial charge >= 0.3 is 5.97 Å². The number of amides is 1. The number of nitrogens with zero attached hydrogens (tertiary/aromatic N) is 1. The van der Waals surface area contributed by atoms with Crippen LogP contribution in [0.5, 0.6) is 0 Å². The van der Waals surface area contributed by atoms with Crippen molar-refractivity contribution in [2.45, 2.75) is 12.2 Å². The summed E-state index contributed by atoms with van der Waals surface area (Å²) in [7, 11) is 0. The fourth-order valence-electron chi connectivity index (χ4n) is 2.39. The Hall–Kier alpha value is -1.73. The van der Waals surface area contributed by atoms with Gasteiger partial charge in [-0.05, 0) is 0 Å². The number of ether oxygens (including phenoxy) is 1. The zero-order valence-electron chi connectivity index (χ0n) is 9.15. The molecular formula is C11H10N2O4S. The quantitative estimate of drug-likeness (QED) is 0.788. The first-order valence-electron chi connectivity index (χ1n) is 5.44. The van der Waals surface area contributed by atoms with E-state index in [0.29, 0.717) is 5.13 Å². The molecular weight excluding hydrogens is 256 g/mol. The molecule has 0 spiro atoms. The van der Waals surface area contributed by atoms with Crippen molar-refractivity contribution in [2.75, 3.05) is 5.32 Å². The Labute approximate surface area is 106 Å². The second kappa shape index (κ2) is 4.18. The number of hydrogen-bond donors (Lipinski definition) is 2. The fourth-order valence-corrected chi connectivity index (χ4v) is 2.92. The van der Waals surface area contributed by atoms with E-state index in [1.165, 1.54) is 11.3 Å². The van der Waals surface area contributed by atoms with Gasteiger partial charge in [0, 0.05) is 11.6 Å². The van der Waals surface area contributed by atoms with Gasteiger partial charge in [0.05, 0.1) is 18.1 Å². The molecule has 94 valence electrons. The van der Waals surface area contributed by atoms with E-state index in [4.69, 9.17) is 4.74 Å². The summed E-state index contributed by atoms with van der Waals surface area (Å²) in [5.74, 6) is -2.87. The van der Waals surface area contributed by atoms with Gasteiger partial charge in [-0.15, -0.1) is 11.3 Å². The molecule has 1 fully saturated rings. The van der Waals surface area contributed by atoms with Crippen LogP contribution in [0.1, 0.15) is 0 Å². The van der Waals surface area contributed by atoms with Gasteiger partial charge in [0.15, 0.2) is 5.13 Å². The van der Waals surface area contributed by atoms with E-state index >= 15 is 0 Å². The van der Waals surface area contributed by atoms with E-state index < -0.39 is 30.0 Å². The first-order valence-corrected chi connectivity index (χ1v) is 6.32. The zero-order chi connectivity index (χ0) is 12.7. The molecule has 1 amide bonds. The van der Waals surface area contributed by atoms with E-state index in [0.717, 1.165) is 0 Å². The number of aliphatic carboxylic acids is 1. The van der Waals surface area contributed by atoms with Crippen LogP contribution in [0.2, 0.25) is 0 Å². The lowest BCUT2D eigenvalue weighted by atomic mass is 9.82. The molecule has 1 aromatic rings. The van der Waals surface area contributed by atoms with Crippen molar-refractivity contribution in [3.63, 3.8) is 0 Å². The van der Waals surface area contributed by atoms with Crippen molar-refractivity contribution in [1.82, 2.24) is 4.98 Å². The van der Waals surface area contributed by atoms with Gasteiger partial charge in [-0.25, -0.2) is 4.98 Å². The van der Waals surface area contributed by atoms with E-state index in [1.54, 1.807) is 23.7 Å². The van der Waals surface area contributed by atoms with Crippen molar-refractivity contribution in [2.24, 2.45) is 11.8 Å². The van der Waals surface area contributed by atoms with Gasteiger partial charge in [0.2, 0.25) is 5.91 Å². The molecule has 0 radical (unpaired) electrons. The van der Waals surface area contributed by atoms with Crippen LogP contribution in [0, 0.1) is 11.8 Å². The molecule has 2 bridgehead atoms. The number of anilines is 1. The Kier molecular flexibility index (Phi) is 2.64. The highest BCUT2D eigenvalue weighted by Crippen LogP contribution is 2.39. The average molecular weight is 266 g/mol. The third kappa shape index (κ3) is 1.72. The van der Waals surface area contributed by atoms with Crippen LogP contribution in [0.25, 0.3) is 0 Å². The summed E-state index contributed by atoms with van der Waals surface area (Å²) in [6, 6.07) is 0. The van der Waals surface area contributed by atoms with Gasteiger partial charge in [-0.2, -0.15) is 0 Å². The standard InChI is InChI=1S/C11H10N2O4S/c14-9(13-11-12-3-4-18-11)7-5-1-2-6(17-5)8(7)10(15)16/h1-8H,(H,15,16)(H,12,13,14). The molecule has 0 saturated carbocycles. The van der Waals surface area contributed by atoms with Crippen molar-refractivity contribution >= 4 is 28.3 Å². The Bertz CT molecular complexity index is 513. The first kappa shape index (κ1) is 11.4. The minimum Gasteiger partial charge on any atom is -0.481 e. The third-order valence-corrected chi connectivity index (χ3v) is 3.84. The third-order valence-electron chi connectivity index (χ3n) is 3.15. The summed E-state index contributed by atoms with van der Waals surface area (Å²) in [4.78, 5) is 27.2. The Balaban J connectivity index is 1.80. The summed E-state index contributed by atoms with van der Waals surface area (Å²) >= 11 is 1.29. The maximum atomic E-state index is 12.1. The van der Waals surface area contributed by atoms with E-state index in [1.807, 2.05) is 0 Å². The molecule has 18 heavy (non-hydrogen) atoms. The summed E-state index contributed by atoms with van der Waals surface area (Å²) in [5, 5.41) is 14.0. The molecule has 1 saturated heterocycles. The minimum atomic E-state index is -1.01. The minimum absolute atomic E-state index is 0.353. The number of carbonyl (C=O) groups is 2. The highest BCUT2D eigenvalue weighted by atomic mass is 32.1. The number of rotatable bonds is 3. The Morgan fingerprint density at radius 2 is 2.06 bits per heavy atom. The number of nitrogens with one attached hydrogen (secondary N) is 1. The summed E-state index contributed by atoms with van der Waals surface area (Å²) in [5.41, 5.74) is 0. The molecule has 4 atom stereocenters. The number of carbonyl (C=O) groups excluding carboxylic acids is 1. The van der Waals surface area contributed by atoms with E-state index in [9.17, 15) is 14.7 Å². The van der Waals surface area contributed by atoms with Crippen LogP contribution >= 0.6 is 11.3 Å². The summed E-state index contributed by atoms with van der Waals surface area (Å²) in [6.45, 7) is 0. The van der Waals surface area contributed by atoms with Crippen molar-refractivity contribution < 1.29 is 19.4 Å². The molecule has 2 N–H and O–H groups in total. The largest absolute Gasteiger partial charge is 0.481 e. The number of thiazole rings is 1. The Morgan fingerprint density at radius 1 is 1.33 bits per heavy atom. The first-order chi connectivity index (χ1) is 8.66. The molecule has 3 heterocycles. The highest BCUT2D eigenvalue weighted by molar-refractivity contribution is 7.13. The summed E-state index contributed by atoms with van der Waals surface area (Å²) < 4.78 is 5.43. The second-order valence-corrected chi connectivity index (χ2v) is 5.06. The van der Waals surface area contributed by atoms with Crippen LogP contribution in [0.3, 0.4) is 0 Å². The maximum absolute atomic E-state index is 12.1. The van der Waals surface area contributed by atoms with Crippen LogP contribution in [-0.2, 0) is 14.3 Å². The maximum Gasteiger partial charge on any atom is 0.310 e. The van der Waals surface area contributed by atoms with Crippen LogP contribution < -0.4 is 5.32 Å². The molecule has 0 aromatic carbocycles. The van der Waals surface area contributed by atoms with Gasteiger partial charge in [0.1, 0.15) is 5.92 Å². The number of hydrogen-bond acceptors (Lipinski definition) is 5. The predicted molar refractivity (Wildman–Crippen MR) is 63.2 cm³/mol.